The van der Waals surface area contributed by atoms with E-state index in [4.69, 9.17) is 9.47 Å². The molecule has 0 amide bonds. The summed E-state index contributed by atoms with van der Waals surface area (Å²) in [5.41, 5.74) is 1.30. The van der Waals surface area contributed by atoms with Gasteiger partial charge in [0, 0.05) is 12.5 Å². The number of rotatable bonds is 6. The molecule has 0 N–H and O–H groups in total. The number of carbonyl (C=O) groups excluding carboxylic acids is 2. The van der Waals surface area contributed by atoms with Gasteiger partial charge in [-0.2, -0.15) is 0 Å². The number of hydrogen-bond donors (Lipinski definition) is 0. The van der Waals surface area contributed by atoms with E-state index >= 15 is 0 Å². The van der Waals surface area contributed by atoms with Gasteiger partial charge in [-0.1, -0.05) is 49.0 Å². The summed E-state index contributed by atoms with van der Waals surface area (Å²) in [6, 6.07) is 16.2. The fourth-order valence-electron chi connectivity index (χ4n) is 1.86. The van der Waals surface area contributed by atoms with Crippen molar-refractivity contribution >= 4 is 11.9 Å². The first-order valence-electron chi connectivity index (χ1n) is 6.85. The molecule has 0 bridgehead atoms. The summed E-state index contributed by atoms with van der Waals surface area (Å²) in [5.74, 6) is -0.981. The third kappa shape index (κ3) is 4.31. The second-order valence-corrected chi connectivity index (χ2v) is 4.49. The van der Waals surface area contributed by atoms with Crippen molar-refractivity contribution in [3.05, 3.63) is 78.4 Å². The molecule has 0 aliphatic heterocycles. The molecule has 0 aliphatic rings. The third-order valence-electron chi connectivity index (χ3n) is 2.95. The molecule has 0 heterocycles. The van der Waals surface area contributed by atoms with Crippen LogP contribution in [0.4, 0.5) is 0 Å². The second-order valence-electron chi connectivity index (χ2n) is 4.49. The van der Waals surface area contributed by atoms with E-state index in [-0.39, 0.29) is 17.9 Å². The molecule has 4 heteroatoms. The summed E-state index contributed by atoms with van der Waals surface area (Å²) < 4.78 is 10.3. The molecular weight excluding hydrogens is 280 g/mol. The van der Waals surface area contributed by atoms with Gasteiger partial charge < -0.3 is 9.47 Å². The van der Waals surface area contributed by atoms with Crippen molar-refractivity contribution in [1.82, 2.24) is 0 Å². The summed E-state index contributed by atoms with van der Waals surface area (Å²) in [6.45, 7) is 3.58. The van der Waals surface area contributed by atoms with Crippen LogP contribution in [-0.4, -0.2) is 18.5 Å². The minimum absolute atomic E-state index is 0.164. The van der Waals surface area contributed by atoms with E-state index in [1.165, 1.54) is 6.07 Å². The van der Waals surface area contributed by atoms with Gasteiger partial charge in [-0.25, -0.2) is 9.59 Å². The number of hydrogen-bond acceptors (Lipinski definition) is 4. The second kappa shape index (κ2) is 7.78. The van der Waals surface area contributed by atoms with Crippen molar-refractivity contribution in [2.75, 3.05) is 6.61 Å². The molecule has 0 atom stereocenters. The molecule has 4 nitrogen and oxygen atoms in total. The van der Waals surface area contributed by atoms with Crippen LogP contribution in [0.15, 0.2) is 67.3 Å². The molecule has 0 fully saturated rings. The van der Waals surface area contributed by atoms with Gasteiger partial charge in [0.25, 0.3) is 0 Å². The Kier molecular flexibility index (Phi) is 5.49. The van der Waals surface area contributed by atoms with Gasteiger partial charge in [0.2, 0.25) is 0 Å². The molecule has 112 valence electrons. The summed E-state index contributed by atoms with van der Waals surface area (Å²) in [4.78, 5) is 23.3. The first kappa shape index (κ1) is 15.5. The van der Waals surface area contributed by atoms with Gasteiger partial charge in [-0.15, -0.1) is 0 Å². The lowest BCUT2D eigenvalue weighted by Crippen LogP contribution is -2.12. The van der Waals surface area contributed by atoms with Gasteiger partial charge in [-0.3, -0.25) is 0 Å². The van der Waals surface area contributed by atoms with Crippen molar-refractivity contribution in [3.8, 4) is 5.75 Å². The third-order valence-corrected chi connectivity index (χ3v) is 2.95. The quantitative estimate of drug-likeness (QED) is 0.467. The minimum Gasteiger partial charge on any atom is -0.462 e. The zero-order chi connectivity index (χ0) is 15.8. The number of esters is 2. The van der Waals surface area contributed by atoms with Crippen LogP contribution >= 0.6 is 0 Å². The van der Waals surface area contributed by atoms with Crippen molar-refractivity contribution < 1.29 is 19.1 Å². The van der Waals surface area contributed by atoms with Gasteiger partial charge in [-0.05, 0) is 17.7 Å². The summed E-state index contributed by atoms with van der Waals surface area (Å²) in [5, 5.41) is 0. The topological polar surface area (TPSA) is 52.6 Å². The van der Waals surface area contributed by atoms with Gasteiger partial charge in [0.15, 0.2) is 0 Å². The van der Waals surface area contributed by atoms with E-state index in [2.05, 4.69) is 6.58 Å². The lowest BCUT2D eigenvalue weighted by atomic mass is 10.2. The van der Waals surface area contributed by atoms with Gasteiger partial charge >= 0.3 is 11.9 Å². The van der Waals surface area contributed by atoms with Crippen molar-refractivity contribution in [2.45, 2.75) is 6.42 Å². The monoisotopic (exact) mass is 296 g/mol. The predicted octanol–water partition coefficient (Wildman–Crippen LogP) is 3.18. The molecule has 22 heavy (non-hydrogen) atoms. The van der Waals surface area contributed by atoms with E-state index in [1.54, 1.807) is 18.2 Å². The Morgan fingerprint density at radius 3 is 2.41 bits per heavy atom. The molecular formula is C18H16O4. The lowest BCUT2D eigenvalue weighted by molar-refractivity contribution is -0.128. The maximum absolute atomic E-state index is 12.1. The summed E-state index contributed by atoms with van der Waals surface area (Å²) >= 11 is 0. The molecule has 0 saturated carbocycles. The Morgan fingerprint density at radius 2 is 1.68 bits per heavy atom. The SMILES string of the molecule is C=CC(=O)Oc1ccccc1C(=O)OCCc1ccccc1. The van der Waals surface area contributed by atoms with E-state index in [9.17, 15) is 9.59 Å². The number of ether oxygens (including phenoxy) is 2. The predicted molar refractivity (Wildman–Crippen MR) is 82.7 cm³/mol. The Hall–Kier alpha value is -2.88. The average molecular weight is 296 g/mol. The molecule has 0 saturated heterocycles. The standard InChI is InChI=1S/C18H16O4/c1-2-17(19)22-16-11-7-6-10-15(16)18(20)21-13-12-14-8-4-3-5-9-14/h2-11H,1,12-13H2. The Bertz CT molecular complexity index is 662. The first-order chi connectivity index (χ1) is 10.7. The zero-order valence-electron chi connectivity index (χ0n) is 12.0. The average Bonchev–Trinajstić information content (AvgIpc) is 2.56. The highest BCUT2D eigenvalue weighted by Gasteiger charge is 2.15. The summed E-state index contributed by atoms with van der Waals surface area (Å²) in [6.07, 6.45) is 1.67. The highest BCUT2D eigenvalue weighted by atomic mass is 16.5. The molecule has 0 unspecified atom stereocenters. The van der Waals surface area contributed by atoms with Crippen LogP contribution in [0.25, 0.3) is 0 Å². The molecule has 0 aliphatic carbocycles. The van der Waals surface area contributed by atoms with Crippen LogP contribution in [0.2, 0.25) is 0 Å². The van der Waals surface area contributed by atoms with Crippen LogP contribution in [0.5, 0.6) is 5.75 Å². The molecule has 2 aromatic rings. The summed E-state index contributed by atoms with van der Waals surface area (Å²) in [7, 11) is 0. The van der Waals surface area contributed by atoms with Crippen LogP contribution in [0.3, 0.4) is 0 Å². The van der Waals surface area contributed by atoms with E-state index < -0.39 is 11.9 Å². The smallest absolute Gasteiger partial charge is 0.341 e. The van der Waals surface area contributed by atoms with E-state index in [0.717, 1.165) is 11.6 Å². The molecule has 2 rings (SSSR count). The van der Waals surface area contributed by atoms with E-state index in [0.29, 0.717) is 6.42 Å². The van der Waals surface area contributed by atoms with Crippen molar-refractivity contribution in [3.63, 3.8) is 0 Å². The lowest BCUT2D eigenvalue weighted by Gasteiger charge is -2.09. The molecule has 2 aromatic carbocycles. The maximum atomic E-state index is 12.1. The van der Waals surface area contributed by atoms with E-state index in [1.807, 2.05) is 30.3 Å². The fraction of sp³-hybridized carbons (Fsp3) is 0.111. The maximum Gasteiger partial charge on any atom is 0.341 e. The Morgan fingerprint density at radius 1 is 1.00 bits per heavy atom. The number of para-hydroxylation sites is 1. The highest BCUT2D eigenvalue weighted by Crippen LogP contribution is 2.19. The van der Waals surface area contributed by atoms with Crippen LogP contribution in [0.1, 0.15) is 15.9 Å². The fourth-order valence-corrected chi connectivity index (χ4v) is 1.86. The van der Waals surface area contributed by atoms with Gasteiger partial charge in [0.1, 0.15) is 11.3 Å². The van der Waals surface area contributed by atoms with Crippen molar-refractivity contribution in [2.24, 2.45) is 0 Å². The first-order valence-corrected chi connectivity index (χ1v) is 6.85. The molecule has 0 radical (unpaired) electrons. The number of carbonyl (C=O) groups is 2. The minimum atomic E-state index is -0.621. The highest BCUT2D eigenvalue weighted by molar-refractivity contribution is 5.94. The zero-order valence-corrected chi connectivity index (χ0v) is 12.0. The Labute approximate surface area is 129 Å². The largest absolute Gasteiger partial charge is 0.462 e. The van der Waals surface area contributed by atoms with Crippen molar-refractivity contribution in [1.29, 1.82) is 0 Å². The van der Waals surface area contributed by atoms with Crippen LogP contribution < -0.4 is 4.74 Å². The van der Waals surface area contributed by atoms with Gasteiger partial charge in [0.05, 0.1) is 6.61 Å². The Balaban J connectivity index is 1.97. The normalized spacial score (nSPS) is 9.82. The van der Waals surface area contributed by atoms with Crippen LogP contribution in [-0.2, 0) is 16.0 Å². The van der Waals surface area contributed by atoms with Crippen LogP contribution in [0, 0.1) is 0 Å². The number of benzene rings is 2. The molecule has 0 spiro atoms. The molecule has 0 aromatic heterocycles.